The highest BCUT2D eigenvalue weighted by Gasteiger charge is 2.37. The number of hydrogen-bond donors (Lipinski definition) is 1. The highest BCUT2D eigenvalue weighted by atomic mass is 32.2. The molecule has 164 valence electrons. The SMILES string of the molecule is CS(=O)(=O)N1C=C2CN(c3nn4c(-c5cnc(N)c(C(F)(F)F)c5)cnc4s3)CC2C1. The first-order chi connectivity index (χ1) is 14.5. The van der Waals surface area contributed by atoms with Gasteiger partial charge >= 0.3 is 6.18 Å². The van der Waals surface area contributed by atoms with Crippen molar-refractivity contribution in [2.45, 2.75) is 6.18 Å². The molecule has 1 saturated heterocycles. The number of nitrogens with zero attached hydrogens (tertiary/aromatic N) is 6. The van der Waals surface area contributed by atoms with Crippen molar-refractivity contribution in [1.82, 2.24) is 23.9 Å². The molecular weight excluding hydrogens is 455 g/mol. The minimum atomic E-state index is -4.62. The minimum absolute atomic E-state index is 0.0843. The summed E-state index contributed by atoms with van der Waals surface area (Å²) in [5.74, 6) is -0.503. The summed E-state index contributed by atoms with van der Waals surface area (Å²) in [5.41, 5.74) is 5.97. The van der Waals surface area contributed by atoms with Gasteiger partial charge in [-0.05, 0) is 11.6 Å². The fourth-order valence-corrected chi connectivity index (χ4v) is 5.46. The van der Waals surface area contributed by atoms with Crippen LogP contribution in [0.25, 0.3) is 16.2 Å². The second-order valence-corrected chi connectivity index (χ2v) is 10.4. The van der Waals surface area contributed by atoms with Gasteiger partial charge in [-0.1, -0.05) is 11.3 Å². The van der Waals surface area contributed by atoms with E-state index < -0.39 is 27.6 Å². The van der Waals surface area contributed by atoms with Crippen LogP contribution in [0.1, 0.15) is 5.56 Å². The highest BCUT2D eigenvalue weighted by Crippen LogP contribution is 2.38. The van der Waals surface area contributed by atoms with Gasteiger partial charge in [0, 0.05) is 43.5 Å². The van der Waals surface area contributed by atoms with E-state index >= 15 is 0 Å². The van der Waals surface area contributed by atoms with Crippen molar-refractivity contribution < 1.29 is 21.6 Å². The Morgan fingerprint density at radius 3 is 2.68 bits per heavy atom. The van der Waals surface area contributed by atoms with Gasteiger partial charge in [0.25, 0.3) is 0 Å². The van der Waals surface area contributed by atoms with Crippen molar-refractivity contribution in [3.05, 3.63) is 35.8 Å². The zero-order valence-corrected chi connectivity index (χ0v) is 17.7. The molecule has 2 aliphatic heterocycles. The van der Waals surface area contributed by atoms with Crippen LogP contribution < -0.4 is 10.6 Å². The summed E-state index contributed by atoms with van der Waals surface area (Å²) in [7, 11) is -3.28. The normalized spacial score (nSPS) is 19.4. The molecule has 1 unspecified atom stereocenters. The molecule has 3 aromatic heterocycles. The molecule has 2 aliphatic rings. The van der Waals surface area contributed by atoms with Gasteiger partial charge < -0.3 is 10.6 Å². The summed E-state index contributed by atoms with van der Waals surface area (Å²) >= 11 is 1.31. The summed E-state index contributed by atoms with van der Waals surface area (Å²) in [6.45, 7) is 1.53. The maximum Gasteiger partial charge on any atom is 0.419 e. The van der Waals surface area contributed by atoms with Crippen LogP contribution >= 0.6 is 11.3 Å². The number of imidazole rings is 1. The molecule has 1 fully saturated rings. The summed E-state index contributed by atoms with van der Waals surface area (Å²) < 4.78 is 65.9. The number of nitrogen functional groups attached to an aromatic ring is 1. The molecular formula is C17H16F3N7O2S2. The molecule has 14 heteroatoms. The Kier molecular flexibility index (Phi) is 4.25. The molecule has 0 bridgehead atoms. The Hall–Kier alpha value is -2.87. The van der Waals surface area contributed by atoms with E-state index in [4.69, 9.17) is 5.73 Å². The highest BCUT2D eigenvalue weighted by molar-refractivity contribution is 7.88. The molecule has 0 saturated carbocycles. The average Bonchev–Trinajstić information content (AvgIpc) is 3.38. The van der Waals surface area contributed by atoms with E-state index in [-0.39, 0.29) is 11.5 Å². The molecule has 0 radical (unpaired) electrons. The van der Waals surface area contributed by atoms with Crippen LogP contribution in [0, 0.1) is 5.92 Å². The van der Waals surface area contributed by atoms with Gasteiger partial charge in [0.1, 0.15) is 5.82 Å². The Morgan fingerprint density at radius 2 is 2.00 bits per heavy atom. The number of aromatic nitrogens is 4. The van der Waals surface area contributed by atoms with Crippen LogP contribution in [0.4, 0.5) is 24.1 Å². The van der Waals surface area contributed by atoms with E-state index in [0.717, 1.165) is 11.6 Å². The lowest BCUT2D eigenvalue weighted by Crippen LogP contribution is -2.29. The molecule has 0 spiro atoms. The van der Waals surface area contributed by atoms with Crippen molar-refractivity contribution in [2.75, 3.05) is 36.5 Å². The zero-order valence-electron chi connectivity index (χ0n) is 16.0. The number of hydrogen-bond acceptors (Lipinski definition) is 8. The predicted octanol–water partition coefficient (Wildman–Crippen LogP) is 2.05. The van der Waals surface area contributed by atoms with Crippen molar-refractivity contribution in [2.24, 2.45) is 5.92 Å². The standard InChI is InChI=1S/C17H16F3N7O2S2/c1-31(28,29)26-7-10-5-25(6-11(10)8-26)16-24-27-13(4-23-15(27)30-16)9-2-12(17(18,19)20)14(21)22-3-9/h2-4,7,11H,5-6,8H2,1H3,(H2,21,22). The lowest BCUT2D eigenvalue weighted by Gasteiger charge is -2.18. The molecule has 5 heterocycles. The number of alkyl halides is 3. The number of sulfonamides is 1. The van der Waals surface area contributed by atoms with E-state index in [1.807, 2.05) is 4.90 Å². The van der Waals surface area contributed by atoms with Crippen molar-refractivity contribution in [3.63, 3.8) is 0 Å². The maximum atomic E-state index is 13.2. The maximum absolute atomic E-state index is 13.2. The first-order valence-electron chi connectivity index (χ1n) is 9.11. The first kappa shape index (κ1) is 20.1. The number of rotatable bonds is 3. The number of fused-ring (bicyclic) bond motifs is 2. The number of halogens is 3. The molecule has 1 atom stereocenters. The topological polar surface area (TPSA) is 110 Å². The smallest absolute Gasteiger partial charge is 0.383 e. The van der Waals surface area contributed by atoms with Crippen LogP contribution in [-0.4, -0.2) is 58.2 Å². The lowest BCUT2D eigenvalue weighted by atomic mass is 10.1. The van der Waals surface area contributed by atoms with Crippen LogP contribution in [0.2, 0.25) is 0 Å². The summed E-state index contributed by atoms with van der Waals surface area (Å²) in [6.07, 6.45) is 0.934. The summed E-state index contributed by atoms with van der Waals surface area (Å²) in [6, 6.07) is 0.940. The van der Waals surface area contributed by atoms with Gasteiger partial charge in [0.15, 0.2) is 0 Å². The van der Waals surface area contributed by atoms with Gasteiger partial charge in [-0.3, -0.25) is 4.31 Å². The molecule has 31 heavy (non-hydrogen) atoms. The summed E-state index contributed by atoms with van der Waals surface area (Å²) in [4.78, 5) is 10.5. The van der Waals surface area contributed by atoms with E-state index in [2.05, 4.69) is 15.1 Å². The lowest BCUT2D eigenvalue weighted by molar-refractivity contribution is -0.137. The van der Waals surface area contributed by atoms with Crippen molar-refractivity contribution >= 4 is 37.3 Å². The Bertz CT molecular complexity index is 1330. The molecule has 0 aliphatic carbocycles. The minimum Gasteiger partial charge on any atom is -0.383 e. The third-order valence-electron chi connectivity index (χ3n) is 5.34. The van der Waals surface area contributed by atoms with E-state index in [1.165, 1.54) is 38.8 Å². The Balaban J connectivity index is 1.46. The summed E-state index contributed by atoms with van der Waals surface area (Å²) in [5, 5.41) is 5.20. The average molecular weight is 471 g/mol. The Labute approximate surface area is 178 Å². The molecule has 2 N–H and O–H groups in total. The monoisotopic (exact) mass is 471 g/mol. The number of anilines is 2. The van der Waals surface area contributed by atoms with Gasteiger partial charge in [0.05, 0.1) is 23.7 Å². The first-order valence-corrected chi connectivity index (χ1v) is 11.8. The van der Waals surface area contributed by atoms with Gasteiger partial charge in [-0.25, -0.2) is 22.9 Å². The van der Waals surface area contributed by atoms with Crippen LogP contribution in [0.3, 0.4) is 0 Å². The van der Waals surface area contributed by atoms with Crippen LogP contribution in [-0.2, 0) is 16.2 Å². The second kappa shape index (κ2) is 6.56. The molecule has 5 rings (SSSR count). The largest absolute Gasteiger partial charge is 0.419 e. The van der Waals surface area contributed by atoms with Crippen LogP contribution in [0.5, 0.6) is 0 Å². The second-order valence-electron chi connectivity index (χ2n) is 7.49. The fraction of sp³-hybridized carbons (Fsp3) is 0.353. The number of nitrogens with two attached hydrogens (primary N) is 1. The van der Waals surface area contributed by atoms with Gasteiger partial charge in [-0.2, -0.15) is 13.2 Å². The van der Waals surface area contributed by atoms with Gasteiger partial charge in [-0.15, -0.1) is 5.10 Å². The quantitative estimate of drug-likeness (QED) is 0.623. The third kappa shape index (κ3) is 3.39. The van der Waals surface area contributed by atoms with Crippen molar-refractivity contribution in [3.8, 4) is 11.3 Å². The van der Waals surface area contributed by atoms with Crippen LogP contribution in [0.15, 0.2) is 30.2 Å². The van der Waals surface area contributed by atoms with Crippen molar-refractivity contribution in [1.29, 1.82) is 0 Å². The molecule has 0 aromatic carbocycles. The van der Waals surface area contributed by atoms with E-state index in [1.54, 1.807) is 6.20 Å². The third-order valence-corrected chi connectivity index (χ3v) is 7.43. The van der Waals surface area contributed by atoms with E-state index in [0.29, 0.717) is 35.4 Å². The predicted molar refractivity (Wildman–Crippen MR) is 109 cm³/mol. The molecule has 3 aromatic rings. The number of pyridine rings is 1. The van der Waals surface area contributed by atoms with Gasteiger partial charge in [0.2, 0.25) is 20.1 Å². The fourth-order valence-electron chi connectivity index (χ4n) is 3.80. The molecule has 9 nitrogen and oxygen atoms in total. The molecule has 0 amide bonds. The van der Waals surface area contributed by atoms with E-state index in [9.17, 15) is 21.6 Å². The Morgan fingerprint density at radius 1 is 1.23 bits per heavy atom. The zero-order chi connectivity index (χ0) is 22.1.